The molecule has 0 radical (unpaired) electrons. The second kappa shape index (κ2) is 7.23. The molecule has 4 rings (SSSR count). The monoisotopic (exact) mass is 354 g/mol. The maximum absolute atomic E-state index is 13.0. The van der Waals surface area contributed by atoms with Gasteiger partial charge in [0.05, 0.1) is 38.6 Å². The lowest BCUT2D eigenvalue weighted by atomic mass is 9.82. The van der Waals surface area contributed by atoms with Gasteiger partial charge in [0.25, 0.3) is 0 Å². The number of aliphatic carboxylic acids is 1. The summed E-state index contributed by atoms with van der Waals surface area (Å²) in [5.41, 5.74) is 1.35. The Labute approximate surface area is 154 Å². The van der Waals surface area contributed by atoms with Crippen LogP contribution >= 0.6 is 0 Å². The number of piperazine rings is 1. The van der Waals surface area contributed by atoms with Crippen LogP contribution in [0.5, 0.6) is 0 Å². The number of hydrogen-bond acceptors (Lipinski definition) is 3. The number of rotatable bonds is 5. The fourth-order valence-electron chi connectivity index (χ4n) is 4.95. The summed E-state index contributed by atoms with van der Waals surface area (Å²) in [6.45, 7) is 4.39. The minimum atomic E-state index is -1.06. The van der Waals surface area contributed by atoms with E-state index in [0.29, 0.717) is 0 Å². The summed E-state index contributed by atoms with van der Waals surface area (Å²) < 4.78 is 0. The molecule has 0 spiro atoms. The highest BCUT2D eigenvalue weighted by atomic mass is 16.4. The van der Waals surface area contributed by atoms with E-state index in [0.717, 1.165) is 45.6 Å². The van der Waals surface area contributed by atoms with Crippen LogP contribution < -0.4 is 10.0 Å². The molecule has 2 bridgehead atoms. The SMILES string of the molecule is O=C([O-])[C@@H]1[C@H](C(=O)N2CC[NH+](CCc3ccccc3)CC2)[C@@H]2C=C[C@@H]1C2. The molecule has 1 saturated carbocycles. The van der Waals surface area contributed by atoms with Crippen molar-refractivity contribution >= 4 is 11.9 Å². The van der Waals surface area contributed by atoms with E-state index >= 15 is 0 Å². The summed E-state index contributed by atoms with van der Waals surface area (Å²) in [7, 11) is 0. The zero-order valence-corrected chi connectivity index (χ0v) is 15.0. The largest absolute Gasteiger partial charge is 0.550 e. The summed E-state index contributed by atoms with van der Waals surface area (Å²) >= 11 is 0. The van der Waals surface area contributed by atoms with Gasteiger partial charge in [-0.2, -0.15) is 0 Å². The Kier molecular flexibility index (Phi) is 4.81. The molecule has 1 amide bonds. The molecule has 0 aromatic heterocycles. The standard InChI is InChI=1S/C21H26N2O3/c24-20(18-16-6-7-17(14-16)19(18)21(25)26)23-12-10-22(11-13-23)9-8-15-4-2-1-3-5-15/h1-7,16-19H,8-14H2,(H,25,26)/t16-,17-,18-,19+/m1/s1. The van der Waals surface area contributed by atoms with Crippen LogP contribution in [0.25, 0.3) is 0 Å². The predicted octanol–water partition coefficient (Wildman–Crippen LogP) is -0.856. The first-order chi connectivity index (χ1) is 12.6. The number of carboxylic acids is 1. The molecule has 4 atom stereocenters. The van der Waals surface area contributed by atoms with Crippen molar-refractivity contribution in [3.05, 3.63) is 48.0 Å². The first-order valence-electron chi connectivity index (χ1n) is 9.69. The molecule has 1 aromatic rings. The Morgan fingerprint density at radius 2 is 1.69 bits per heavy atom. The van der Waals surface area contributed by atoms with E-state index in [1.54, 1.807) is 0 Å². The maximum Gasteiger partial charge on any atom is 0.227 e. The third-order valence-corrected chi connectivity index (χ3v) is 6.41. The van der Waals surface area contributed by atoms with Crippen molar-refractivity contribution in [1.29, 1.82) is 0 Å². The average molecular weight is 354 g/mol. The number of benzene rings is 1. The smallest absolute Gasteiger partial charge is 0.227 e. The number of amides is 1. The molecule has 0 unspecified atom stereocenters. The van der Waals surface area contributed by atoms with E-state index in [1.807, 2.05) is 23.1 Å². The number of carbonyl (C=O) groups is 2. The van der Waals surface area contributed by atoms with Crippen molar-refractivity contribution in [3.8, 4) is 0 Å². The second-order valence-electron chi connectivity index (χ2n) is 7.88. The maximum atomic E-state index is 13.0. The van der Waals surface area contributed by atoms with Crippen LogP contribution in [0, 0.1) is 23.7 Å². The molecule has 1 N–H and O–H groups in total. The lowest BCUT2D eigenvalue weighted by molar-refractivity contribution is -0.903. The van der Waals surface area contributed by atoms with Crippen LogP contribution in [-0.4, -0.2) is 49.5 Å². The van der Waals surface area contributed by atoms with Gasteiger partial charge < -0.3 is 19.7 Å². The fraction of sp³-hybridized carbons (Fsp3) is 0.524. The van der Waals surface area contributed by atoms with Gasteiger partial charge in [0.2, 0.25) is 5.91 Å². The number of carboxylic acid groups (broad SMARTS) is 1. The molecule has 138 valence electrons. The normalized spacial score (nSPS) is 30.7. The molecule has 1 aromatic carbocycles. The van der Waals surface area contributed by atoms with Crippen LogP contribution in [0.3, 0.4) is 0 Å². The number of nitrogens with one attached hydrogen (secondary N) is 1. The van der Waals surface area contributed by atoms with Crippen LogP contribution in [0.2, 0.25) is 0 Å². The first-order valence-corrected chi connectivity index (χ1v) is 9.69. The van der Waals surface area contributed by atoms with Gasteiger partial charge >= 0.3 is 0 Å². The quantitative estimate of drug-likeness (QED) is 0.700. The van der Waals surface area contributed by atoms with Crippen LogP contribution in [0.4, 0.5) is 0 Å². The lowest BCUT2D eigenvalue weighted by Gasteiger charge is -2.37. The van der Waals surface area contributed by atoms with Crippen molar-refractivity contribution in [2.75, 3.05) is 32.7 Å². The molecule has 1 aliphatic heterocycles. The highest BCUT2D eigenvalue weighted by Gasteiger charge is 2.50. The Hall–Kier alpha value is -2.14. The number of fused-ring (bicyclic) bond motifs is 2. The number of hydrogen-bond donors (Lipinski definition) is 1. The summed E-state index contributed by atoms with van der Waals surface area (Å²) in [6, 6.07) is 10.5. The van der Waals surface area contributed by atoms with Crippen molar-refractivity contribution in [2.24, 2.45) is 23.7 Å². The van der Waals surface area contributed by atoms with E-state index < -0.39 is 17.8 Å². The average Bonchev–Trinajstić information content (AvgIpc) is 3.28. The molecule has 5 heteroatoms. The zero-order chi connectivity index (χ0) is 18.1. The minimum Gasteiger partial charge on any atom is -0.550 e. The van der Waals surface area contributed by atoms with Crippen LogP contribution in [0.15, 0.2) is 42.5 Å². The van der Waals surface area contributed by atoms with Crippen molar-refractivity contribution < 1.29 is 19.6 Å². The molecular formula is C21H26N2O3. The van der Waals surface area contributed by atoms with E-state index in [9.17, 15) is 14.7 Å². The third kappa shape index (κ3) is 3.28. The Morgan fingerprint density at radius 1 is 1.04 bits per heavy atom. The molecular weight excluding hydrogens is 328 g/mol. The highest BCUT2D eigenvalue weighted by Crippen LogP contribution is 2.48. The summed E-state index contributed by atoms with van der Waals surface area (Å²) in [6.07, 6.45) is 5.83. The van der Waals surface area contributed by atoms with E-state index in [2.05, 4.69) is 24.3 Å². The lowest BCUT2D eigenvalue weighted by Crippen LogP contribution is -3.15. The topological polar surface area (TPSA) is 64.9 Å². The van der Waals surface area contributed by atoms with Crippen LogP contribution in [0.1, 0.15) is 12.0 Å². The fourth-order valence-corrected chi connectivity index (χ4v) is 4.95. The Morgan fingerprint density at radius 3 is 2.35 bits per heavy atom. The summed E-state index contributed by atoms with van der Waals surface area (Å²) in [5.74, 6) is -2.03. The molecule has 3 aliphatic rings. The van der Waals surface area contributed by atoms with E-state index in [-0.39, 0.29) is 17.7 Å². The minimum absolute atomic E-state index is 0.0169. The van der Waals surface area contributed by atoms with E-state index in [1.165, 1.54) is 10.5 Å². The number of allylic oxidation sites excluding steroid dienone is 2. The van der Waals surface area contributed by atoms with Gasteiger partial charge in [0.15, 0.2) is 0 Å². The van der Waals surface area contributed by atoms with Crippen molar-refractivity contribution in [1.82, 2.24) is 4.90 Å². The molecule has 1 heterocycles. The van der Waals surface area contributed by atoms with Crippen molar-refractivity contribution in [3.63, 3.8) is 0 Å². The van der Waals surface area contributed by atoms with Gasteiger partial charge in [0, 0.05) is 18.3 Å². The first kappa shape index (κ1) is 17.3. The summed E-state index contributed by atoms with van der Waals surface area (Å²) in [4.78, 5) is 27.9. The summed E-state index contributed by atoms with van der Waals surface area (Å²) in [5, 5.41) is 11.5. The second-order valence-corrected chi connectivity index (χ2v) is 7.88. The molecule has 1 saturated heterocycles. The van der Waals surface area contributed by atoms with Gasteiger partial charge in [-0.1, -0.05) is 42.5 Å². The van der Waals surface area contributed by atoms with Crippen molar-refractivity contribution in [2.45, 2.75) is 12.8 Å². The highest BCUT2D eigenvalue weighted by molar-refractivity contribution is 5.86. The van der Waals surface area contributed by atoms with Crippen LogP contribution in [-0.2, 0) is 16.0 Å². The molecule has 2 fully saturated rings. The number of carbonyl (C=O) groups excluding carboxylic acids is 2. The molecule has 26 heavy (non-hydrogen) atoms. The zero-order valence-electron chi connectivity index (χ0n) is 15.0. The molecule has 2 aliphatic carbocycles. The van der Waals surface area contributed by atoms with Gasteiger partial charge in [-0.3, -0.25) is 4.79 Å². The Balaban J connectivity index is 1.31. The van der Waals surface area contributed by atoms with Gasteiger partial charge in [-0.25, -0.2) is 0 Å². The Bertz CT molecular complexity index is 694. The third-order valence-electron chi connectivity index (χ3n) is 6.41. The predicted molar refractivity (Wildman–Crippen MR) is 95.0 cm³/mol. The van der Waals surface area contributed by atoms with Gasteiger partial charge in [-0.15, -0.1) is 0 Å². The van der Waals surface area contributed by atoms with E-state index in [4.69, 9.17) is 0 Å². The molecule has 5 nitrogen and oxygen atoms in total. The number of nitrogens with zero attached hydrogens (tertiary/aromatic N) is 1. The van der Waals surface area contributed by atoms with Gasteiger partial charge in [-0.05, 0) is 23.8 Å². The number of quaternary nitrogens is 1. The van der Waals surface area contributed by atoms with Gasteiger partial charge in [0.1, 0.15) is 0 Å².